The Morgan fingerprint density at radius 2 is 1.95 bits per heavy atom. The Morgan fingerprint density at radius 1 is 1.15 bits per heavy atom. The fourth-order valence-electron chi connectivity index (χ4n) is 3.40. The summed E-state index contributed by atoms with van der Waals surface area (Å²) in [4.78, 5) is 0. The molecule has 20 heavy (non-hydrogen) atoms. The lowest BCUT2D eigenvalue weighted by molar-refractivity contribution is 0.134. The number of ether oxygens (including phenoxy) is 1. The van der Waals surface area contributed by atoms with Crippen molar-refractivity contribution in [2.24, 2.45) is 11.1 Å². The van der Waals surface area contributed by atoms with E-state index in [-0.39, 0.29) is 0 Å². The summed E-state index contributed by atoms with van der Waals surface area (Å²) in [6.07, 6.45) is 8.12. The summed E-state index contributed by atoms with van der Waals surface area (Å²) in [5.74, 6) is 1.84. The Hall–Kier alpha value is -1.51. The van der Waals surface area contributed by atoms with Crippen molar-refractivity contribution in [2.45, 2.75) is 58.0 Å². The molecule has 0 atom stereocenters. The van der Waals surface area contributed by atoms with E-state index in [0.29, 0.717) is 6.10 Å². The molecule has 1 N–H and O–H groups in total. The number of rotatable bonds is 2. The van der Waals surface area contributed by atoms with Gasteiger partial charge in [0.25, 0.3) is 0 Å². The van der Waals surface area contributed by atoms with Gasteiger partial charge in [0.2, 0.25) is 0 Å². The Morgan fingerprint density at radius 3 is 2.70 bits per heavy atom. The van der Waals surface area contributed by atoms with Gasteiger partial charge in [0.15, 0.2) is 0 Å². The topological polar surface area (TPSA) is 41.8 Å². The van der Waals surface area contributed by atoms with E-state index < -0.39 is 0 Å². The van der Waals surface area contributed by atoms with Crippen molar-refractivity contribution < 1.29 is 9.94 Å². The predicted octanol–water partition coefficient (Wildman–Crippen LogP) is 4.16. The van der Waals surface area contributed by atoms with E-state index in [2.05, 4.69) is 18.1 Å². The van der Waals surface area contributed by atoms with Crippen molar-refractivity contribution in [1.82, 2.24) is 0 Å². The highest BCUT2D eigenvalue weighted by molar-refractivity contribution is 6.02. The largest absolute Gasteiger partial charge is 0.490 e. The van der Waals surface area contributed by atoms with Gasteiger partial charge in [-0.25, -0.2) is 0 Å². The summed E-state index contributed by atoms with van der Waals surface area (Å²) in [5, 5.41) is 12.6. The Labute approximate surface area is 120 Å². The summed E-state index contributed by atoms with van der Waals surface area (Å²) in [6.45, 7) is 2.32. The molecular weight excluding hydrogens is 250 g/mol. The quantitative estimate of drug-likeness (QED) is 0.649. The van der Waals surface area contributed by atoms with Crippen LogP contribution in [0, 0.1) is 5.92 Å². The zero-order valence-corrected chi connectivity index (χ0v) is 12.1. The smallest absolute Gasteiger partial charge is 0.123 e. The molecule has 3 heteroatoms. The number of fused-ring (bicyclic) bond motifs is 1. The van der Waals surface area contributed by atoms with Crippen molar-refractivity contribution in [2.75, 3.05) is 0 Å². The molecule has 1 saturated carbocycles. The fraction of sp³-hybridized carbons (Fsp3) is 0.588. The molecule has 1 fully saturated rings. The second-order valence-electron chi connectivity index (χ2n) is 6.18. The van der Waals surface area contributed by atoms with Crippen molar-refractivity contribution in [3.8, 4) is 5.75 Å². The van der Waals surface area contributed by atoms with Crippen molar-refractivity contribution in [1.29, 1.82) is 0 Å². The maximum atomic E-state index is 9.13. The highest BCUT2D eigenvalue weighted by atomic mass is 16.5. The lowest BCUT2D eigenvalue weighted by Gasteiger charge is -2.29. The Balaban J connectivity index is 1.80. The van der Waals surface area contributed by atoms with Crippen molar-refractivity contribution in [3.63, 3.8) is 0 Å². The number of hydrogen-bond donors (Lipinski definition) is 1. The van der Waals surface area contributed by atoms with Gasteiger partial charge in [-0.2, -0.15) is 0 Å². The van der Waals surface area contributed by atoms with Gasteiger partial charge in [0.05, 0.1) is 11.8 Å². The Bertz CT molecular complexity index is 502. The van der Waals surface area contributed by atoms with Gasteiger partial charge in [-0.1, -0.05) is 24.2 Å². The van der Waals surface area contributed by atoms with E-state index in [1.807, 2.05) is 12.1 Å². The van der Waals surface area contributed by atoms with Gasteiger partial charge in [-0.15, -0.1) is 0 Å². The molecule has 2 aliphatic rings. The third-order valence-corrected chi connectivity index (χ3v) is 4.66. The van der Waals surface area contributed by atoms with Gasteiger partial charge < -0.3 is 9.94 Å². The van der Waals surface area contributed by atoms with Crippen LogP contribution < -0.4 is 4.74 Å². The maximum absolute atomic E-state index is 9.13. The van der Waals surface area contributed by atoms with E-state index in [0.717, 1.165) is 55.0 Å². The molecular formula is C17H23NO2. The fourth-order valence-corrected chi connectivity index (χ4v) is 3.40. The maximum Gasteiger partial charge on any atom is 0.123 e. The van der Waals surface area contributed by atoms with Crippen LogP contribution >= 0.6 is 0 Å². The van der Waals surface area contributed by atoms with Gasteiger partial charge >= 0.3 is 0 Å². The van der Waals surface area contributed by atoms with Crippen LogP contribution in [0.5, 0.6) is 5.75 Å². The van der Waals surface area contributed by atoms with Crippen LogP contribution in [-0.2, 0) is 6.42 Å². The molecule has 0 saturated heterocycles. The number of hydrogen-bond acceptors (Lipinski definition) is 3. The van der Waals surface area contributed by atoms with Crippen LogP contribution in [0.15, 0.2) is 23.4 Å². The van der Waals surface area contributed by atoms with Gasteiger partial charge in [-0.3, -0.25) is 0 Å². The first-order chi connectivity index (χ1) is 9.78. The molecule has 0 amide bonds. The second-order valence-corrected chi connectivity index (χ2v) is 6.18. The van der Waals surface area contributed by atoms with Crippen LogP contribution in [0.25, 0.3) is 0 Å². The van der Waals surface area contributed by atoms with Crippen molar-refractivity contribution >= 4 is 5.71 Å². The molecule has 1 aromatic rings. The minimum absolute atomic E-state index is 0.356. The first kappa shape index (κ1) is 13.5. The zero-order valence-electron chi connectivity index (χ0n) is 12.1. The van der Waals surface area contributed by atoms with Crippen LogP contribution in [0.2, 0.25) is 0 Å². The predicted molar refractivity (Wildman–Crippen MR) is 79.8 cm³/mol. The third kappa shape index (κ3) is 2.67. The van der Waals surface area contributed by atoms with E-state index in [4.69, 9.17) is 9.94 Å². The minimum Gasteiger partial charge on any atom is -0.490 e. The zero-order chi connectivity index (χ0) is 13.9. The second kappa shape index (κ2) is 5.86. The first-order valence-electron chi connectivity index (χ1n) is 7.77. The average molecular weight is 273 g/mol. The summed E-state index contributed by atoms with van der Waals surface area (Å²) in [7, 11) is 0. The molecule has 0 radical (unpaired) electrons. The van der Waals surface area contributed by atoms with E-state index in [1.54, 1.807) is 0 Å². The lowest BCUT2D eigenvalue weighted by Crippen LogP contribution is -2.24. The highest BCUT2D eigenvalue weighted by Crippen LogP contribution is 2.33. The van der Waals surface area contributed by atoms with Gasteiger partial charge in [0.1, 0.15) is 5.75 Å². The summed E-state index contributed by atoms with van der Waals surface area (Å²) in [5.41, 5.74) is 3.10. The molecule has 3 nitrogen and oxygen atoms in total. The summed E-state index contributed by atoms with van der Waals surface area (Å²) >= 11 is 0. The number of nitrogens with zero attached hydrogens (tertiary/aromatic N) is 1. The lowest BCUT2D eigenvalue weighted by atomic mass is 9.88. The minimum atomic E-state index is 0.356. The SMILES string of the molecule is CC1CCC(Oc2cccc3c2CCCC3=NO)CC1. The van der Waals surface area contributed by atoms with E-state index in [9.17, 15) is 0 Å². The average Bonchev–Trinajstić information content (AvgIpc) is 2.49. The van der Waals surface area contributed by atoms with Crippen LogP contribution in [0.3, 0.4) is 0 Å². The highest BCUT2D eigenvalue weighted by Gasteiger charge is 2.23. The Kier molecular flexibility index (Phi) is 3.95. The molecule has 0 bridgehead atoms. The normalized spacial score (nSPS) is 28.1. The molecule has 0 unspecified atom stereocenters. The number of oxime groups is 1. The monoisotopic (exact) mass is 273 g/mol. The van der Waals surface area contributed by atoms with Gasteiger partial charge in [0, 0.05) is 11.1 Å². The van der Waals surface area contributed by atoms with Crippen LogP contribution in [0.4, 0.5) is 0 Å². The van der Waals surface area contributed by atoms with E-state index >= 15 is 0 Å². The standard InChI is InChI=1S/C17H23NO2/c1-12-8-10-13(11-9-12)20-17-7-3-4-14-15(17)5-2-6-16(14)18-19/h3-4,7,12-13,19H,2,5-6,8-11H2,1H3. The number of benzene rings is 1. The molecule has 0 spiro atoms. The molecule has 108 valence electrons. The molecule has 1 aromatic carbocycles. The molecule has 0 aliphatic heterocycles. The molecule has 0 aromatic heterocycles. The van der Waals surface area contributed by atoms with Crippen molar-refractivity contribution in [3.05, 3.63) is 29.3 Å². The first-order valence-corrected chi connectivity index (χ1v) is 7.77. The molecule has 2 aliphatic carbocycles. The van der Waals surface area contributed by atoms with E-state index in [1.165, 1.54) is 18.4 Å². The summed E-state index contributed by atoms with van der Waals surface area (Å²) < 4.78 is 6.26. The molecule has 0 heterocycles. The summed E-state index contributed by atoms with van der Waals surface area (Å²) in [6, 6.07) is 6.12. The van der Waals surface area contributed by atoms with Gasteiger partial charge in [-0.05, 0) is 56.9 Å². The van der Waals surface area contributed by atoms with Crippen LogP contribution in [-0.4, -0.2) is 17.0 Å². The molecule has 3 rings (SSSR count). The van der Waals surface area contributed by atoms with Crippen LogP contribution in [0.1, 0.15) is 56.6 Å². The third-order valence-electron chi connectivity index (χ3n) is 4.66.